The molecule has 1 aliphatic rings. The lowest BCUT2D eigenvalue weighted by Crippen LogP contribution is -2.44. The molecule has 2 unspecified atom stereocenters. The molecule has 0 saturated carbocycles. The Morgan fingerprint density at radius 3 is 2.48 bits per heavy atom. The van der Waals surface area contributed by atoms with Gasteiger partial charge in [-0.25, -0.2) is 14.0 Å². The SMILES string of the molecule is CC1CC(C)CN(C(=O)Nc2ccc(F)c(C(=O)O)c2)C1. The fourth-order valence-corrected chi connectivity index (χ4v) is 2.80. The van der Waals surface area contributed by atoms with Crippen LogP contribution in [0.1, 0.15) is 30.6 Å². The summed E-state index contributed by atoms with van der Waals surface area (Å²) in [6, 6.07) is 3.25. The molecule has 2 N–H and O–H groups in total. The zero-order valence-electron chi connectivity index (χ0n) is 12.1. The number of hydrogen-bond acceptors (Lipinski definition) is 2. The smallest absolute Gasteiger partial charge is 0.338 e. The normalized spacial score (nSPS) is 22.0. The van der Waals surface area contributed by atoms with Crippen LogP contribution >= 0.6 is 0 Å². The number of piperidine rings is 1. The molecule has 2 atom stereocenters. The molecule has 0 aromatic heterocycles. The molecule has 1 aliphatic heterocycles. The van der Waals surface area contributed by atoms with Gasteiger partial charge in [0.2, 0.25) is 0 Å². The highest BCUT2D eigenvalue weighted by molar-refractivity contribution is 5.93. The van der Waals surface area contributed by atoms with Gasteiger partial charge in [0.1, 0.15) is 5.82 Å². The van der Waals surface area contributed by atoms with Crippen LogP contribution in [0.25, 0.3) is 0 Å². The lowest BCUT2D eigenvalue weighted by Gasteiger charge is -2.34. The van der Waals surface area contributed by atoms with E-state index in [0.717, 1.165) is 18.6 Å². The molecule has 0 spiro atoms. The molecule has 1 heterocycles. The highest BCUT2D eigenvalue weighted by atomic mass is 19.1. The number of carbonyl (C=O) groups is 2. The predicted octanol–water partition coefficient (Wildman–Crippen LogP) is 3.03. The van der Waals surface area contributed by atoms with Crippen molar-refractivity contribution in [1.82, 2.24) is 4.90 Å². The van der Waals surface area contributed by atoms with Crippen LogP contribution in [0.15, 0.2) is 18.2 Å². The number of nitrogens with zero attached hydrogens (tertiary/aromatic N) is 1. The van der Waals surface area contributed by atoms with Gasteiger partial charge in [0.05, 0.1) is 5.56 Å². The maximum atomic E-state index is 13.3. The van der Waals surface area contributed by atoms with E-state index >= 15 is 0 Å². The second-order valence-electron chi connectivity index (χ2n) is 5.78. The molecule has 0 radical (unpaired) electrons. The number of benzene rings is 1. The zero-order valence-corrected chi connectivity index (χ0v) is 12.1. The molecule has 5 nitrogen and oxygen atoms in total. The second kappa shape index (κ2) is 6.11. The van der Waals surface area contributed by atoms with Crippen LogP contribution < -0.4 is 5.32 Å². The van der Waals surface area contributed by atoms with Gasteiger partial charge in [-0.05, 0) is 36.5 Å². The topological polar surface area (TPSA) is 69.6 Å². The number of hydrogen-bond donors (Lipinski definition) is 2. The fourth-order valence-electron chi connectivity index (χ4n) is 2.80. The molecule has 0 aliphatic carbocycles. The first-order valence-electron chi connectivity index (χ1n) is 6.95. The Labute approximate surface area is 122 Å². The summed E-state index contributed by atoms with van der Waals surface area (Å²) >= 11 is 0. The molecule has 0 bridgehead atoms. The molecule has 1 aromatic carbocycles. The minimum atomic E-state index is -1.36. The summed E-state index contributed by atoms with van der Waals surface area (Å²) in [5, 5.41) is 11.5. The molecular formula is C15H19FN2O3. The number of likely N-dealkylation sites (tertiary alicyclic amines) is 1. The first kappa shape index (κ1) is 15.3. The van der Waals surface area contributed by atoms with Crippen molar-refractivity contribution in [2.75, 3.05) is 18.4 Å². The average molecular weight is 294 g/mol. The number of nitrogens with one attached hydrogen (secondary N) is 1. The van der Waals surface area contributed by atoms with Crippen molar-refractivity contribution >= 4 is 17.7 Å². The molecule has 114 valence electrons. The number of halogens is 1. The lowest BCUT2D eigenvalue weighted by molar-refractivity contribution is 0.0692. The Kier molecular flexibility index (Phi) is 4.45. The van der Waals surface area contributed by atoms with Gasteiger partial charge in [-0.1, -0.05) is 13.8 Å². The fraction of sp³-hybridized carbons (Fsp3) is 0.467. The van der Waals surface area contributed by atoms with E-state index in [1.807, 2.05) is 0 Å². The van der Waals surface area contributed by atoms with Gasteiger partial charge in [-0.15, -0.1) is 0 Å². The standard InChI is InChI=1S/C15H19FN2O3/c1-9-5-10(2)8-18(7-9)15(21)17-11-3-4-13(16)12(6-11)14(19)20/h3-4,6,9-10H,5,7-8H2,1-2H3,(H,17,21)(H,19,20). The molecule has 21 heavy (non-hydrogen) atoms. The van der Waals surface area contributed by atoms with Crippen molar-refractivity contribution < 1.29 is 19.1 Å². The third-order valence-corrected chi connectivity index (χ3v) is 3.60. The van der Waals surface area contributed by atoms with E-state index < -0.39 is 17.3 Å². The second-order valence-corrected chi connectivity index (χ2v) is 5.78. The van der Waals surface area contributed by atoms with Crippen molar-refractivity contribution in [3.63, 3.8) is 0 Å². The third-order valence-electron chi connectivity index (χ3n) is 3.60. The van der Waals surface area contributed by atoms with Crippen LogP contribution in [0.3, 0.4) is 0 Å². The van der Waals surface area contributed by atoms with E-state index in [2.05, 4.69) is 19.2 Å². The Morgan fingerprint density at radius 1 is 1.29 bits per heavy atom. The summed E-state index contributed by atoms with van der Waals surface area (Å²) < 4.78 is 13.3. The van der Waals surface area contributed by atoms with Gasteiger partial charge >= 0.3 is 12.0 Å². The van der Waals surface area contributed by atoms with Crippen molar-refractivity contribution in [3.8, 4) is 0 Å². The van der Waals surface area contributed by atoms with Gasteiger partial charge in [0, 0.05) is 18.8 Å². The van der Waals surface area contributed by atoms with Gasteiger partial charge in [-0.3, -0.25) is 0 Å². The molecule has 1 saturated heterocycles. The van der Waals surface area contributed by atoms with Gasteiger partial charge in [-0.2, -0.15) is 0 Å². The Bertz CT molecular complexity index is 552. The number of anilines is 1. The first-order chi connectivity index (χ1) is 9.86. The number of carboxylic acid groups (broad SMARTS) is 1. The zero-order chi connectivity index (χ0) is 15.6. The first-order valence-corrected chi connectivity index (χ1v) is 6.95. The highest BCUT2D eigenvalue weighted by Crippen LogP contribution is 2.22. The van der Waals surface area contributed by atoms with Crippen LogP contribution in [0.4, 0.5) is 14.9 Å². The van der Waals surface area contributed by atoms with Crippen LogP contribution in [0.2, 0.25) is 0 Å². The molecule has 1 aromatic rings. The lowest BCUT2D eigenvalue weighted by atomic mass is 9.92. The van der Waals surface area contributed by atoms with Crippen molar-refractivity contribution in [2.24, 2.45) is 11.8 Å². The Morgan fingerprint density at radius 2 is 1.90 bits per heavy atom. The van der Waals surface area contributed by atoms with Crippen LogP contribution in [0, 0.1) is 17.7 Å². The summed E-state index contributed by atoms with van der Waals surface area (Å²) in [6.45, 7) is 5.53. The quantitative estimate of drug-likeness (QED) is 0.880. The monoisotopic (exact) mass is 294 g/mol. The summed E-state index contributed by atoms with van der Waals surface area (Å²) in [4.78, 5) is 24.8. The summed E-state index contributed by atoms with van der Waals surface area (Å²) in [5.74, 6) is -1.31. The Hall–Kier alpha value is -2.11. The number of carboxylic acids is 1. The third kappa shape index (κ3) is 3.71. The minimum absolute atomic E-state index is 0.281. The van der Waals surface area contributed by atoms with Gasteiger partial charge in [0.15, 0.2) is 0 Å². The predicted molar refractivity (Wildman–Crippen MR) is 76.9 cm³/mol. The number of urea groups is 1. The van der Waals surface area contributed by atoms with Crippen molar-refractivity contribution in [1.29, 1.82) is 0 Å². The van der Waals surface area contributed by atoms with Crippen LogP contribution in [-0.4, -0.2) is 35.1 Å². The van der Waals surface area contributed by atoms with E-state index in [1.165, 1.54) is 6.07 Å². The number of amides is 2. The van der Waals surface area contributed by atoms with E-state index in [4.69, 9.17) is 5.11 Å². The van der Waals surface area contributed by atoms with Crippen molar-refractivity contribution in [2.45, 2.75) is 20.3 Å². The maximum Gasteiger partial charge on any atom is 0.338 e. The van der Waals surface area contributed by atoms with Gasteiger partial charge < -0.3 is 15.3 Å². The summed E-state index contributed by atoms with van der Waals surface area (Å²) in [7, 11) is 0. The Balaban J connectivity index is 2.09. The molecule has 1 fully saturated rings. The van der Waals surface area contributed by atoms with E-state index in [0.29, 0.717) is 24.9 Å². The highest BCUT2D eigenvalue weighted by Gasteiger charge is 2.25. The van der Waals surface area contributed by atoms with E-state index in [1.54, 1.807) is 4.90 Å². The number of aromatic carboxylic acids is 1. The van der Waals surface area contributed by atoms with Crippen LogP contribution in [0.5, 0.6) is 0 Å². The average Bonchev–Trinajstić information content (AvgIpc) is 2.39. The largest absolute Gasteiger partial charge is 0.478 e. The van der Waals surface area contributed by atoms with Crippen LogP contribution in [-0.2, 0) is 0 Å². The molecule has 2 amide bonds. The number of rotatable bonds is 2. The molecule has 6 heteroatoms. The number of carbonyl (C=O) groups excluding carboxylic acids is 1. The molecule has 2 rings (SSSR count). The minimum Gasteiger partial charge on any atom is -0.478 e. The summed E-state index contributed by atoms with van der Waals surface area (Å²) in [5.41, 5.74) is -0.169. The molecular weight excluding hydrogens is 275 g/mol. The maximum absolute atomic E-state index is 13.3. The van der Waals surface area contributed by atoms with E-state index in [9.17, 15) is 14.0 Å². The van der Waals surface area contributed by atoms with Crippen molar-refractivity contribution in [3.05, 3.63) is 29.6 Å². The van der Waals surface area contributed by atoms with E-state index in [-0.39, 0.29) is 11.7 Å². The summed E-state index contributed by atoms with van der Waals surface area (Å²) in [6.07, 6.45) is 1.09. The van der Waals surface area contributed by atoms with Gasteiger partial charge in [0.25, 0.3) is 0 Å².